The molecule has 1 rings (SSSR count). The van der Waals surface area contributed by atoms with Crippen molar-refractivity contribution >= 4 is 29.2 Å². The van der Waals surface area contributed by atoms with Gasteiger partial charge >= 0.3 is 0 Å². The van der Waals surface area contributed by atoms with E-state index in [4.69, 9.17) is 0 Å². The Balaban J connectivity index is 2.76. The molecule has 2 nitrogen and oxygen atoms in total. The van der Waals surface area contributed by atoms with Crippen LogP contribution >= 0.6 is 12.2 Å². The van der Waals surface area contributed by atoms with Crippen molar-refractivity contribution in [1.82, 2.24) is 0 Å². The number of hydrogen-bond donors (Lipinski definition) is 1. The molecule has 1 aromatic rings. The van der Waals surface area contributed by atoms with Crippen LogP contribution in [0.1, 0.15) is 5.56 Å². The van der Waals surface area contributed by atoms with Crippen LogP contribution in [0.5, 0.6) is 0 Å². The number of benzene rings is 1. The summed E-state index contributed by atoms with van der Waals surface area (Å²) in [6.45, 7) is 1.97. The largest absolute Gasteiger partial charge is 0.322 e. The van der Waals surface area contributed by atoms with E-state index >= 15 is 0 Å². The number of amides is 1. The van der Waals surface area contributed by atoms with Gasteiger partial charge in [0.2, 0.25) is 0 Å². The third-order valence-corrected chi connectivity index (χ3v) is 1.61. The van der Waals surface area contributed by atoms with Crippen LogP contribution in [-0.2, 0) is 4.79 Å². The number of carbonyl (C=O) groups excluding carboxylic acids is 1. The lowest BCUT2D eigenvalue weighted by Gasteiger charge is -2.01. The van der Waals surface area contributed by atoms with Gasteiger partial charge in [0.05, 0.1) is 5.37 Å². The summed E-state index contributed by atoms with van der Waals surface area (Å²) in [6.07, 6.45) is 0. The van der Waals surface area contributed by atoms with Crippen LogP contribution < -0.4 is 5.32 Å². The molecule has 0 saturated heterocycles. The Labute approximate surface area is 76.6 Å². The lowest BCUT2D eigenvalue weighted by Crippen LogP contribution is -2.10. The smallest absolute Gasteiger partial charge is 0.259 e. The molecule has 12 heavy (non-hydrogen) atoms. The minimum atomic E-state index is -0.254. The highest BCUT2D eigenvalue weighted by atomic mass is 32.1. The van der Waals surface area contributed by atoms with Crippen LogP contribution in [0.3, 0.4) is 0 Å². The van der Waals surface area contributed by atoms with Crippen molar-refractivity contribution in [2.45, 2.75) is 6.92 Å². The zero-order chi connectivity index (χ0) is 8.97. The second-order valence-corrected chi connectivity index (χ2v) is 2.71. The molecule has 0 unspecified atom stereocenters. The Morgan fingerprint density at radius 1 is 1.58 bits per heavy atom. The summed E-state index contributed by atoms with van der Waals surface area (Å²) in [5.74, 6) is -0.254. The summed E-state index contributed by atoms with van der Waals surface area (Å²) >= 11 is 4.47. The van der Waals surface area contributed by atoms with Gasteiger partial charge in [-0.1, -0.05) is 24.4 Å². The predicted octanol–water partition coefficient (Wildman–Crippen LogP) is 1.93. The third kappa shape index (κ3) is 2.43. The van der Waals surface area contributed by atoms with Gasteiger partial charge in [-0.15, -0.1) is 0 Å². The van der Waals surface area contributed by atoms with E-state index in [1.54, 1.807) is 0 Å². The zero-order valence-corrected chi connectivity index (χ0v) is 7.52. The van der Waals surface area contributed by atoms with E-state index in [9.17, 15) is 4.79 Å². The fraction of sp³-hybridized carbons (Fsp3) is 0.111. The molecule has 62 valence electrons. The summed E-state index contributed by atoms with van der Waals surface area (Å²) in [7, 11) is 0. The second kappa shape index (κ2) is 3.97. The first kappa shape index (κ1) is 8.87. The molecule has 0 saturated carbocycles. The van der Waals surface area contributed by atoms with E-state index in [-0.39, 0.29) is 5.91 Å². The average Bonchev–Trinajstić information content (AvgIpc) is 2.04. The molecule has 0 aromatic heterocycles. The third-order valence-electron chi connectivity index (χ3n) is 1.39. The van der Waals surface area contributed by atoms with E-state index in [1.807, 2.05) is 31.2 Å². The summed E-state index contributed by atoms with van der Waals surface area (Å²) < 4.78 is 0. The summed E-state index contributed by atoms with van der Waals surface area (Å²) in [5.41, 5.74) is 1.89. The van der Waals surface area contributed by atoms with Gasteiger partial charge in [0.25, 0.3) is 5.91 Å². The van der Waals surface area contributed by atoms with Crippen molar-refractivity contribution in [3.8, 4) is 0 Å². The Bertz CT molecular complexity index is 309. The maximum Gasteiger partial charge on any atom is 0.259 e. The molecule has 0 heterocycles. The van der Waals surface area contributed by atoms with Gasteiger partial charge in [-0.2, -0.15) is 0 Å². The molecule has 1 N–H and O–H groups in total. The molecule has 0 bridgehead atoms. The Kier molecular flexibility index (Phi) is 2.94. The molecular formula is C9H9NOS. The highest BCUT2D eigenvalue weighted by Gasteiger charge is 1.95. The monoisotopic (exact) mass is 179 g/mol. The molecule has 0 aliphatic rings. The maximum absolute atomic E-state index is 10.8. The number of carbonyl (C=O) groups is 1. The molecule has 3 heteroatoms. The van der Waals surface area contributed by atoms with Crippen molar-refractivity contribution < 1.29 is 4.79 Å². The van der Waals surface area contributed by atoms with Gasteiger partial charge in [0.15, 0.2) is 0 Å². The maximum atomic E-state index is 10.8. The molecular weight excluding hydrogens is 170 g/mol. The summed E-state index contributed by atoms with van der Waals surface area (Å²) in [6, 6.07) is 7.56. The quantitative estimate of drug-likeness (QED) is 0.703. The molecule has 0 aliphatic heterocycles. The van der Waals surface area contributed by atoms with Crippen LogP contribution in [0, 0.1) is 6.92 Å². The molecule has 0 fully saturated rings. The van der Waals surface area contributed by atoms with E-state index < -0.39 is 0 Å². The van der Waals surface area contributed by atoms with Gasteiger partial charge in [-0.25, -0.2) is 0 Å². The lowest BCUT2D eigenvalue weighted by atomic mass is 10.2. The van der Waals surface area contributed by atoms with Gasteiger partial charge in [-0.3, -0.25) is 4.79 Å². The topological polar surface area (TPSA) is 29.1 Å². The summed E-state index contributed by atoms with van der Waals surface area (Å²) in [4.78, 5) is 10.8. The fourth-order valence-electron chi connectivity index (χ4n) is 0.895. The highest BCUT2D eigenvalue weighted by Crippen LogP contribution is 2.08. The minimum absolute atomic E-state index is 0.254. The molecule has 0 aliphatic carbocycles. The van der Waals surface area contributed by atoms with Crippen molar-refractivity contribution in [3.63, 3.8) is 0 Å². The van der Waals surface area contributed by atoms with E-state index in [0.29, 0.717) is 0 Å². The minimum Gasteiger partial charge on any atom is -0.322 e. The van der Waals surface area contributed by atoms with Crippen molar-refractivity contribution in [1.29, 1.82) is 0 Å². The van der Waals surface area contributed by atoms with Crippen LogP contribution in [-0.4, -0.2) is 11.3 Å². The van der Waals surface area contributed by atoms with Gasteiger partial charge < -0.3 is 5.32 Å². The van der Waals surface area contributed by atoms with Crippen molar-refractivity contribution in [2.75, 3.05) is 5.32 Å². The van der Waals surface area contributed by atoms with Crippen LogP contribution in [0.15, 0.2) is 24.3 Å². The molecule has 1 amide bonds. The lowest BCUT2D eigenvalue weighted by molar-refractivity contribution is -0.109. The second-order valence-electron chi connectivity index (χ2n) is 2.48. The van der Waals surface area contributed by atoms with Crippen LogP contribution in [0.2, 0.25) is 0 Å². The van der Waals surface area contributed by atoms with E-state index in [0.717, 1.165) is 16.6 Å². The highest BCUT2D eigenvalue weighted by molar-refractivity contribution is 7.80. The average molecular weight is 179 g/mol. The number of anilines is 1. The Hall–Kier alpha value is -1.22. The molecule has 1 aromatic carbocycles. The Morgan fingerprint density at radius 3 is 2.92 bits per heavy atom. The fourth-order valence-corrected chi connectivity index (χ4v) is 0.953. The van der Waals surface area contributed by atoms with Crippen LogP contribution in [0.4, 0.5) is 5.69 Å². The number of rotatable bonds is 2. The number of thiocarbonyl (C=S) groups is 1. The molecule has 0 spiro atoms. The first-order valence-electron chi connectivity index (χ1n) is 3.55. The normalized spacial score (nSPS) is 9.08. The standard InChI is InChI=1S/C9H9NOS/c1-7-3-2-4-8(5-7)10-9(11)6-12/h2-6H,1H3,(H,10,11). The number of hydrogen-bond acceptors (Lipinski definition) is 2. The van der Waals surface area contributed by atoms with Gasteiger partial charge in [-0.05, 0) is 24.6 Å². The van der Waals surface area contributed by atoms with Crippen molar-refractivity contribution in [2.24, 2.45) is 0 Å². The van der Waals surface area contributed by atoms with Gasteiger partial charge in [0.1, 0.15) is 0 Å². The summed E-state index contributed by atoms with van der Waals surface area (Å²) in [5, 5.41) is 3.72. The number of aryl methyl sites for hydroxylation is 1. The Morgan fingerprint density at radius 2 is 2.33 bits per heavy atom. The van der Waals surface area contributed by atoms with E-state index in [2.05, 4.69) is 17.5 Å². The zero-order valence-electron chi connectivity index (χ0n) is 6.70. The van der Waals surface area contributed by atoms with Crippen LogP contribution in [0.25, 0.3) is 0 Å². The first-order valence-corrected chi connectivity index (χ1v) is 4.02. The van der Waals surface area contributed by atoms with E-state index in [1.165, 1.54) is 0 Å². The first-order chi connectivity index (χ1) is 5.72. The predicted molar refractivity (Wildman–Crippen MR) is 53.5 cm³/mol. The molecule has 0 atom stereocenters. The molecule has 0 radical (unpaired) electrons. The number of nitrogens with one attached hydrogen (secondary N) is 1. The van der Waals surface area contributed by atoms with Crippen molar-refractivity contribution in [3.05, 3.63) is 29.8 Å². The van der Waals surface area contributed by atoms with Gasteiger partial charge in [0, 0.05) is 5.69 Å². The SMILES string of the molecule is Cc1cccc(NC(=O)C=S)c1.